The maximum Gasteiger partial charge on any atom is 0.261 e. The summed E-state index contributed by atoms with van der Waals surface area (Å²) in [6.45, 7) is 2.99. The van der Waals surface area contributed by atoms with Crippen molar-refractivity contribution in [2.24, 2.45) is 7.05 Å². The number of nitrogens with zero attached hydrogens (tertiary/aromatic N) is 4. The summed E-state index contributed by atoms with van der Waals surface area (Å²) in [5, 5.41) is 16.2. The van der Waals surface area contributed by atoms with Crippen molar-refractivity contribution >= 4 is 51.3 Å². The van der Waals surface area contributed by atoms with Crippen LogP contribution in [0.15, 0.2) is 30.3 Å². The molecule has 3 aromatic heterocycles. The molecule has 0 saturated heterocycles. The Morgan fingerprint density at radius 1 is 1.38 bits per heavy atom. The zero-order chi connectivity index (χ0) is 20.5. The maximum absolute atomic E-state index is 12.6. The number of aryl methyl sites for hydroxylation is 1. The van der Waals surface area contributed by atoms with Gasteiger partial charge in [0.05, 0.1) is 17.1 Å². The number of fused-ring (bicyclic) bond motifs is 1. The van der Waals surface area contributed by atoms with Crippen LogP contribution in [-0.2, 0) is 20.0 Å². The molecule has 150 valence electrons. The van der Waals surface area contributed by atoms with Crippen molar-refractivity contribution in [3.8, 4) is 0 Å². The molecule has 0 aliphatic heterocycles. The first kappa shape index (κ1) is 19.8. The predicted octanol–water partition coefficient (Wildman–Crippen LogP) is 3.87. The van der Waals surface area contributed by atoms with Gasteiger partial charge in [-0.3, -0.25) is 14.6 Å². The fraction of sp³-hybridized carbons (Fsp3) is 0.263. The van der Waals surface area contributed by atoms with Crippen LogP contribution >= 0.6 is 35.2 Å². The van der Waals surface area contributed by atoms with E-state index < -0.39 is 0 Å². The summed E-state index contributed by atoms with van der Waals surface area (Å²) < 4.78 is 4.27. The molecule has 3 heterocycles. The number of H-pyrrole nitrogens is 1. The highest BCUT2D eigenvalue weighted by Gasteiger charge is 2.17. The van der Waals surface area contributed by atoms with Crippen LogP contribution in [0.5, 0.6) is 0 Å². The van der Waals surface area contributed by atoms with Gasteiger partial charge in [-0.05, 0) is 36.8 Å². The molecule has 0 radical (unpaired) electrons. The molecule has 0 fully saturated rings. The van der Waals surface area contributed by atoms with Gasteiger partial charge in [-0.1, -0.05) is 29.8 Å². The third-order valence-corrected chi connectivity index (χ3v) is 6.60. The topological polar surface area (TPSA) is 80.5 Å². The molecule has 0 saturated carbocycles. The van der Waals surface area contributed by atoms with E-state index in [1.165, 1.54) is 11.3 Å². The lowest BCUT2D eigenvalue weighted by atomic mass is 10.2. The first-order chi connectivity index (χ1) is 13.9. The van der Waals surface area contributed by atoms with Crippen LogP contribution in [0.25, 0.3) is 10.2 Å². The molecule has 0 unspecified atom stereocenters. The van der Waals surface area contributed by atoms with Gasteiger partial charge in [-0.25, -0.2) is 0 Å². The van der Waals surface area contributed by atoms with Crippen LogP contribution in [0.3, 0.4) is 0 Å². The van der Waals surface area contributed by atoms with Gasteiger partial charge >= 0.3 is 0 Å². The number of rotatable bonds is 6. The van der Waals surface area contributed by atoms with E-state index in [9.17, 15) is 4.79 Å². The third-order valence-electron chi connectivity index (χ3n) is 4.72. The van der Waals surface area contributed by atoms with Crippen LogP contribution in [0, 0.1) is 11.7 Å². The van der Waals surface area contributed by atoms with Gasteiger partial charge in [0.1, 0.15) is 10.7 Å². The number of nitrogens with one attached hydrogen (secondary N) is 2. The number of amides is 1. The molecular formula is C19H19ClN6OS2. The average Bonchev–Trinajstić information content (AvgIpc) is 3.35. The van der Waals surface area contributed by atoms with Crippen LogP contribution in [-0.4, -0.2) is 37.0 Å². The van der Waals surface area contributed by atoms with Crippen LogP contribution < -0.4 is 5.32 Å². The number of aromatic amines is 1. The van der Waals surface area contributed by atoms with Crippen molar-refractivity contribution in [1.82, 2.24) is 29.9 Å². The fourth-order valence-electron chi connectivity index (χ4n) is 3.10. The van der Waals surface area contributed by atoms with E-state index >= 15 is 0 Å². The van der Waals surface area contributed by atoms with Crippen molar-refractivity contribution in [1.29, 1.82) is 0 Å². The van der Waals surface area contributed by atoms with Gasteiger partial charge in [0.2, 0.25) is 0 Å². The number of halogens is 1. The molecule has 0 spiro atoms. The number of thiophene rings is 1. The largest absolute Gasteiger partial charge is 0.351 e. The molecule has 0 atom stereocenters. The second-order valence-electron chi connectivity index (χ2n) is 6.67. The van der Waals surface area contributed by atoms with Crippen molar-refractivity contribution in [2.45, 2.75) is 19.9 Å². The Hall–Kier alpha value is -2.49. The number of carbonyl (C=O) groups is 1. The van der Waals surface area contributed by atoms with E-state index in [2.05, 4.69) is 20.6 Å². The number of hydrogen-bond acceptors (Lipinski definition) is 5. The minimum atomic E-state index is -0.105. The number of aromatic nitrogens is 5. The highest BCUT2D eigenvalue weighted by molar-refractivity contribution is 7.71. The van der Waals surface area contributed by atoms with Gasteiger partial charge in [0.15, 0.2) is 4.77 Å². The smallest absolute Gasteiger partial charge is 0.261 e. The lowest BCUT2D eigenvalue weighted by Gasteiger charge is -2.05. The summed E-state index contributed by atoms with van der Waals surface area (Å²) in [6.07, 6.45) is 0.597. The molecule has 1 amide bonds. The molecule has 4 aromatic rings. The molecule has 2 N–H and O–H groups in total. The average molecular weight is 447 g/mol. The minimum absolute atomic E-state index is 0.105. The Kier molecular flexibility index (Phi) is 5.53. The third kappa shape index (κ3) is 3.98. The summed E-state index contributed by atoms with van der Waals surface area (Å²) in [6, 6.07) is 9.61. The normalized spacial score (nSPS) is 11.3. The molecule has 29 heavy (non-hydrogen) atoms. The molecule has 4 rings (SSSR count). The van der Waals surface area contributed by atoms with Crippen LogP contribution in [0.4, 0.5) is 0 Å². The Morgan fingerprint density at radius 3 is 2.90 bits per heavy atom. The Labute approximate surface area is 181 Å². The summed E-state index contributed by atoms with van der Waals surface area (Å²) >= 11 is 12.8. The van der Waals surface area contributed by atoms with Crippen molar-refractivity contribution in [2.75, 3.05) is 6.54 Å². The highest BCUT2D eigenvalue weighted by Crippen LogP contribution is 2.29. The van der Waals surface area contributed by atoms with Gasteiger partial charge < -0.3 is 9.88 Å². The highest BCUT2D eigenvalue weighted by atomic mass is 35.5. The SMILES string of the molecule is Cc1nn(Cc2ccccc2Cl)c2sc(C(=O)NCCc3n[nH]c(=S)n3C)cc12. The quantitative estimate of drug-likeness (QED) is 0.440. The lowest BCUT2D eigenvalue weighted by molar-refractivity contribution is 0.0958. The lowest BCUT2D eigenvalue weighted by Crippen LogP contribution is -2.25. The second kappa shape index (κ2) is 8.10. The monoisotopic (exact) mass is 446 g/mol. The van der Waals surface area contributed by atoms with E-state index in [1.807, 2.05) is 49.0 Å². The second-order valence-corrected chi connectivity index (χ2v) is 8.50. The fourth-order valence-corrected chi connectivity index (χ4v) is 4.52. The van der Waals surface area contributed by atoms with Gasteiger partial charge in [0.25, 0.3) is 5.91 Å². The van der Waals surface area contributed by atoms with Crippen LogP contribution in [0.1, 0.15) is 26.8 Å². The Morgan fingerprint density at radius 2 is 2.17 bits per heavy atom. The van der Waals surface area contributed by atoms with Gasteiger partial charge in [0, 0.05) is 30.4 Å². The zero-order valence-electron chi connectivity index (χ0n) is 15.9. The zero-order valence-corrected chi connectivity index (χ0v) is 18.3. The summed E-state index contributed by atoms with van der Waals surface area (Å²) in [5.74, 6) is 0.699. The molecule has 0 bridgehead atoms. The van der Waals surface area contributed by atoms with E-state index in [0.29, 0.717) is 34.2 Å². The predicted molar refractivity (Wildman–Crippen MR) is 117 cm³/mol. The molecule has 0 aliphatic carbocycles. The van der Waals surface area contributed by atoms with E-state index in [1.54, 1.807) is 4.57 Å². The standard InChI is InChI=1S/C19H19ClN6OS2/c1-11-13-9-15(17(27)21-8-7-16-22-23-19(28)25(16)2)29-18(13)26(24-11)10-12-5-3-4-6-14(12)20/h3-6,9H,7-8,10H2,1-2H3,(H,21,27)(H,23,28). The number of carbonyl (C=O) groups excluding carboxylic acids is 1. The first-order valence-corrected chi connectivity index (χ1v) is 10.6. The molecule has 0 aliphatic rings. The van der Waals surface area contributed by atoms with Crippen molar-refractivity contribution in [3.63, 3.8) is 0 Å². The summed E-state index contributed by atoms with van der Waals surface area (Å²) in [4.78, 5) is 14.2. The molecular weight excluding hydrogens is 428 g/mol. The molecule has 7 nitrogen and oxygen atoms in total. The maximum atomic E-state index is 12.6. The van der Waals surface area contributed by atoms with Gasteiger partial charge in [-0.15, -0.1) is 11.3 Å². The Bertz CT molecular complexity index is 1250. The van der Waals surface area contributed by atoms with E-state index in [4.69, 9.17) is 23.8 Å². The van der Waals surface area contributed by atoms with Crippen molar-refractivity contribution in [3.05, 3.63) is 62.1 Å². The van der Waals surface area contributed by atoms with Crippen molar-refractivity contribution < 1.29 is 4.79 Å². The summed E-state index contributed by atoms with van der Waals surface area (Å²) in [7, 11) is 1.85. The molecule has 1 aromatic carbocycles. The first-order valence-electron chi connectivity index (χ1n) is 9.03. The van der Waals surface area contributed by atoms with Gasteiger partial charge in [-0.2, -0.15) is 10.2 Å². The van der Waals surface area contributed by atoms with Crippen LogP contribution in [0.2, 0.25) is 5.02 Å². The number of benzene rings is 1. The minimum Gasteiger partial charge on any atom is -0.351 e. The molecule has 10 heteroatoms. The number of hydrogen-bond donors (Lipinski definition) is 2. The van der Waals surface area contributed by atoms with E-state index in [-0.39, 0.29) is 5.91 Å². The van der Waals surface area contributed by atoms with E-state index in [0.717, 1.165) is 27.3 Å². The summed E-state index contributed by atoms with van der Waals surface area (Å²) in [5.41, 5.74) is 1.88. The Balaban J connectivity index is 1.49.